The van der Waals surface area contributed by atoms with Gasteiger partial charge in [0.1, 0.15) is 5.82 Å². The molecule has 0 radical (unpaired) electrons. The van der Waals surface area contributed by atoms with Gasteiger partial charge in [-0.2, -0.15) is 0 Å². The summed E-state index contributed by atoms with van der Waals surface area (Å²) in [6.45, 7) is 9.33. The summed E-state index contributed by atoms with van der Waals surface area (Å²) in [5.41, 5.74) is 3.14. The molecule has 2 N–H and O–H groups in total. The molecular weight excluding hydrogens is 342 g/mol. The molecular formula is C20H29N5O2. The minimum absolute atomic E-state index is 0.000404. The predicted molar refractivity (Wildman–Crippen MR) is 105 cm³/mol. The number of nitrogens with one attached hydrogen (secondary N) is 2. The van der Waals surface area contributed by atoms with Crippen LogP contribution in [0.2, 0.25) is 0 Å². The van der Waals surface area contributed by atoms with E-state index in [4.69, 9.17) is 4.74 Å². The molecule has 2 aliphatic rings. The molecule has 2 aliphatic heterocycles. The van der Waals surface area contributed by atoms with Crippen molar-refractivity contribution in [2.45, 2.75) is 38.8 Å². The first-order valence-corrected chi connectivity index (χ1v) is 9.93. The number of benzene rings is 1. The third-order valence-electron chi connectivity index (χ3n) is 5.72. The van der Waals surface area contributed by atoms with Crippen LogP contribution in [-0.4, -0.2) is 71.2 Å². The number of carbonyl (C=O) groups excluding carboxylic acids is 1. The summed E-state index contributed by atoms with van der Waals surface area (Å²) in [6.07, 6.45) is 2.07. The van der Waals surface area contributed by atoms with Crippen molar-refractivity contribution in [3.63, 3.8) is 0 Å². The number of urea groups is 1. The quantitative estimate of drug-likeness (QED) is 0.869. The number of imidazole rings is 1. The fourth-order valence-electron chi connectivity index (χ4n) is 4.07. The predicted octanol–water partition coefficient (Wildman–Crippen LogP) is 2.44. The van der Waals surface area contributed by atoms with E-state index in [2.05, 4.69) is 39.2 Å². The van der Waals surface area contributed by atoms with Crippen LogP contribution in [0.15, 0.2) is 18.2 Å². The smallest absolute Gasteiger partial charge is 0.317 e. The second kappa shape index (κ2) is 7.86. The van der Waals surface area contributed by atoms with Gasteiger partial charge in [-0.1, -0.05) is 6.07 Å². The summed E-state index contributed by atoms with van der Waals surface area (Å²) in [4.78, 5) is 25.1. The summed E-state index contributed by atoms with van der Waals surface area (Å²) in [7, 11) is 0. The topological polar surface area (TPSA) is 73.5 Å². The summed E-state index contributed by atoms with van der Waals surface area (Å²) >= 11 is 0. The van der Waals surface area contributed by atoms with Crippen LogP contribution in [-0.2, 0) is 4.74 Å². The second-order valence-electron chi connectivity index (χ2n) is 7.68. The Hall–Kier alpha value is -2.12. The van der Waals surface area contributed by atoms with Gasteiger partial charge in [-0.15, -0.1) is 0 Å². The highest BCUT2D eigenvalue weighted by Gasteiger charge is 2.28. The van der Waals surface area contributed by atoms with E-state index < -0.39 is 0 Å². The van der Waals surface area contributed by atoms with Gasteiger partial charge in [0, 0.05) is 32.2 Å². The van der Waals surface area contributed by atoms with Crippen LogP contribution in [0.4, 0.5) is 4.79 Å². The Kier molecular flexibility index (Phi) is 5.31. The number of aryl methyl sites for hydroxylation is 1. The zero-order valence-electron chi connectivity index (χ0n) is 16.2. The zero-order chi connectivity index (χ0) is 18.8. The number of nitrogens with zero attached hydrogens (tertiary/aromatic N) is 3. The van der Waals surface area contributed by atoms with Crippen molar-refractivity contribution in [1.82, 2.24) is 25.1 Å². The highest BCUT2D eigenvalue weighted by Crippen LogP contribution is 2.20. The Bertz CT molecular complexity index is 791. The maximum atomic E-state index is 12.7. The lowest BCUT2D eigenvalue weighted by Gasteiger charge is -2.40. The van der Waals surface area contributed by atoms with Crippen LogP contribution in [0.5, 0.6) is 0 Å². The zero-order valence-corrected chi connectivity index (χ0v) is 16.2. The van der Waals surface area contributed by atoms with Crippen LogP contribution in [0, 0.1) is 6.92 Å². The minimum Gasteiger partial charge on any atom is -0.379 e. The van der Waals surface area contributed by atoms with Gasteiger partial charge >= 0.3 is 6.03 Å². The first-order chi connectivity index (χ1) is 13.1. The SMILES string of the molecule is Cc1ccc2nc([C@H](C)NC(=O)N3CCC(N4CCOCC4)CC3)[nH]c2c1. The van der Waals surface area contributed by atoms with Gasteiger partial charge in [-0.05, 0) is 44.4 Å². The van der Waals surface area contributed by atoms with Gasteiger partial charge < -0.3 is 19.9 Å². The number of likely N-dealkylation sites (tertiary alicyclic amines) is 1. The Morgan fingerprint density at radius 1 is 1.26 bits per heavy atom. The molecule has 3 heterocycles. The first-order valence-electron chi connectivity index (χ1n) is 9.93. The molecule has 0 bridgehead atoms. The summed E-state index contributed by atoms with van der Waals surface area (Å²) in [5.74, 6) is 0.798. The van der Waals surface area contributed by atoms with E-state index in [1.807, 2.05) is 17.9 Å². The molecule has 1 aromatic carbocycles. The second-order valence-corrected chi connectivity index (χ2v) is 7.68. The van der Waals surface area contributed by atoms with Gasteiger partial charge in [0.05, 0.1) is 30.3 Å². The van der Waals surface area contributed by atoms with E-state index in [-0.39, 0.29) is 12.1 Å². The van der Waals surface area contributed by atoms with Crippen LogP contribution >= 0.6 is 0 Å². The lowest BCUT2D eigenvalue weighted by molar-refractivity contribution is 0.00374. The number of amides is 2. The molecule has 146 valence electrons. The molecule has 1 atom stereocenters. The standard InChI is InChI=1S/C20H29N5O2/c1-14-3-4-17-18(13-14)23-19(22-17)15(2)21-20(26)25-7-5-16(6-8-25)24-9-11-27-12-10-24/h3-4,13,15-16H,5-12H2,1-2H3,(H,21,26)(H,22,23)/t15-/m0/s1. The molecule has 0 saturated carbocycles. The third kappa shape index (κ3) is 4.09. The number of hydrogen-bond acceptors (Lipinski definition) is 4. The number of rotatable bonds is 3. The fourth-order valence-corrected chi connectivity index (χ4v) is 4.07. The van der Waals surface area contributed by atoms with E-state index >= 15 is 0 Å². The fraction of sp³-hybridized carbons (Fsp3) is 0.600. The maximum absolute atomic E-state index is 12.7. The lowest BCUT2D eigenvalue weighted by Crippen LogP contribution is -2.52. The highest BCUT2D eigenvalue weighted by molar-refractivity contribution is 5.77. The van der Waals surface area contributed by atoms with E-state index in [1.165, 1.54) is 5.56 Å². The van der Waals surface area contributed by atoms with Crippen molar-refractivity contribution < 1.29 is 9.53 Å². The number of H-pyrrole nitrogens is 1. The Morgan fingerprint density at radius 3 is 2.74 bits per heavy atom. The number of fused-ring (bicyclic) bond motifs is 1. The van der Waals surface area contributed by atoms with Crippen molar-refractivity contribution in [3.05, 3.63) is 29.6 Å². The van der Waals surface area contributed by atoms with Gasteiger partial charge in [0.15, 0.2) is 0 Å². The molecule has 27 heavy (non-hydrogen) atoms. The lowest BCUT2D eigenvalue weighted by atomic mass is 10.0. The van der Waals surface area contributed by atoms with Crippen molar-refractivity contribution in [1.29, 1.82) is 0 Å². The molecule has 2 saturated heterocycles. The van der Waals surface area contributed by atoms with Crippen molar-refractivity contribution in [2.75, 3.05) is 39.4 Å². The van der Waals surface area contributed by atoms with Crippen molar-refractivity contribution in [3.8, 4) is 0 Å². The molecule has 2 amide bonds. The number of ether oxygens (including phenoxy) is 1. The van der Waals surface area contributed by atoms with Gasteiger partial charge in [0.2, 0.25) is 0 Å². The molecule has 1 aromatic heterocycles. The van der Waals surface area contributed by atoms with Crippen LogP contribution < -0.4 is 5.32 Å². The Morgan fingerprint density at radius 2 is 2.00 bits per heavy atom. The molecule has 7 nitrogen and oxygen atoms in total. The molecule has 2 aromatic rings. The van der Waals surface area contributed by atoms with Crippen LogP contribution in [0.3, 0.4) is 0 Å². The van der Waals surface area contributed by atoms with Crippen LogP contribution in [0.1, 0.15) is 37.2 Å². The average molecular weight is 371 g/mol. The third-order valence-corrected chi connectivity index (χ3v) is 5.72. The maximum Gasteiger partial charge on any atom is 0.317 e. The molecule has 7 heteroatoms. The summed E-state index contributed by atoms with van der Waals surface area (Å²) in [5, 5.41) is 3.10. The Balaban J connectivity index is 1.32. The molecule has 4 rings (SSSR count). The van der Waals surface area contributed by atoms with Gasteiger partial charge in [-0.25, -0.2) is 9.78 Å². The van der Waals surface area contributed by atoms with E-state index in [1.54, 1.807) is 0 Å². The van der Waals surface area contributed by atoms with Crippen LogP contribution in [0.25, 0.3) is 11.0 Å². The monoisotopic (exact) mass is 371 g/mol. The number of morpholine rings is 1. The van der Waals surface area contributed by atoms with Gasteiger partial charge in [0.25, 0.3) is 0 Å². The molecule has 2 fully saturated rings. The van der Waals surface area contributed by atoms with Crippen molar-refractivity contribution in [2.24, 2.45) is 0 Å². The van der Waals surface area contributed by atoms with E-state index in [0.29, 0.717) is 6.04 Å². The van der Waals surface area contributed by atoms with Crippen molar-refractivity contribution >= 4 is 17.1 Å². The normalized spacial score (nSPS) is 20.7. The van der Waals surface area contributed by atoms with Gasteiger partial charge in [-0.3, -0.25) is 4.90 Å². The molecule has 0 aliphatic carbocycles. The van der Waals surface area contributed by atoms with E-state index in [0.717, 1.165) is 69.1 Å². The number of aromatic amines is 1. The largest absolute Gasteiger partial charge is 0.379 e. The number of hydrogen-bond donors (Lipinski definition) is 2. The highest BCUT2D eigenvalue weighted by atomic mass is 16.5. The Labute approximate surface area is 160 Å². The number of piperidine rings is 1. The minimum atomic E-state index is -0.151. The van der Waals surface area contributed by atoms with E-state index in [9.17, 15) is 4.79 Å². The number of carbonyl (C=O) groups is 1. The molecule has 0 spiro atoms. The summed E-state index contributed by atoms with van der Waals surface area (Å²) in [6, 6.07) is 6.57. The average Bonchev–Trinajstić information content (AvgIpc) is 3.12. The molecule has 0 unspecified atom stereocenters. The first kappa shape index (κ1) is 18.3. The summed E-state index contributed by atoms with van der Waals surface area (Å²) < 4.78 is 5.44. The number of aromatic nitrogens is 2.